The smallest absolute Gasteiger partial charge is 0.0932 e. The zero-order chi connectivity index (χ0) is 10.4. The summed E-state index contributed by atoms with van der Waals surface area (Å²) in [5, 5.41) is 8.97. The van der Waals surface area contributed by atoms with Crippen molar-refractivity contribution in [3.05, 3.63) is 0 Å². The number of aliphatic hydroxyl groups is 1. The number of morpholine rings is 1. The van der Waals surface area contributed by atoms with E-state index in [2.05, 4.69) is 18.7 Å². The van der Waals surface area contributed by atoms with E-state index in [1.807, 2.05) is 0 Å². The zero-order valence-electron chi connectivity index (χ0n) is 9.41. The van der Waals surface area contributed by atoms with Gasteiger partial charge < -0.3 is 9.84 Å². The number of hydrogen-bond acceptors (Lipinski definition) is 3. The molecule has 84 valence electrons. The Labute approximate surface area is 87.1 Å². The molecule has 0 aromatic heterocycles. The van der Waals surface area contributed by atoms with Gasteiger partial charge in [0.2, 0.25) is 0 Å². The molecule has 1 saturated heterocycles. The van der Waals surface area contributed by atoms with Gasteiger partial charge in [-0.05, 0) is 25.3 Å². The molecule has 3 nitrogen and oxygen atoms in total. The van der Waals surface area contributed by atoms with Gasteiger partial charge in [-0.3, -0.25) is 4.90 Å². The van der Waals surface area contributed by atoms with E-state index >= 15 is 0 Å². The fraction of sp³-hybridized carbons (Fsp3) is 1.00. The average molecular weight is 201 g/mol. The van der Waals surface area contributed by atoms with Crippen molar-refractivity contribution in [2.75, 3.05) is 32.8 Å². The van der Waals surface area contributed by atoms with Gasteiger partial charge in [0.05, 0.1) is 19.3 Å². The summed E-state index contributed by atoms with van der Waals surface area (Å²) in [5.41, 5.74) is 0. The van der Waals surface area contributed by atoms with E-state index < -0.39 is 0 Å². The van der Waals surface area contributed by atoms with Gasteiger partial charge in [0, 0.05) is 13.1 Å². The van der Waals surface area contributed by atoms with Crippen LogP contribution >= 0.6 is 0 Å². The number of aliphatic hydroxyl groups excluding tert-OH is 1. The lowest BCUT2D eigenvalue weighted by atomic mass is 10.1. The third-order valence-corrected chi connectivity index (χ3v) is 2.68. The molecule has 0 bridgehead atoms. The standard InChI is InChI=1S/C11H23NO2/c1-10(2)4-3-5-12-6-7-14-11(8-12)9-13/h10-11,13H,3-9H2,1-2H3. The van der Waals surface area contributed by atoms with Crippen LogP contribution in [-0.2, 0) is 4.74 Å². The highest BCUT2D eigenvalue weighted by Crippen LogP contribution is 2.08. The van der Waals surface area contributed by atoms with Crippen molar-refractivity contribution in [1.29, 1.82) is 0 Å². The summed E-state index contributed by atoms with van der Waals surface area (Å²) < 4.78 is 5.39. The minimum absolute atomic E-state index is 0.0443. The first-order chi connectivity index (χ1) is 6.72. The summed E-state index contributed by atoms with van der Waals surface area (Å²) in [6.07, 6.45) is 2.60. The molecule has 1 atom stereocenters. The molecule has 0 aliphatic carbocycles. The van der Waals surface area contributed by atoms with Gasteiger partial charge in [0.15, 0.2) is 0 Å². The second kappa shape index (κ2) is 6.38. The summed E-state index contributed by atoms with van der Waals surface area (Å²) in [4.78, 5) is 2.40. The minimum atomic E-state index is 0.0443. The third kappa shape index (κ3) is 4.40. The molecular weight excluding hydrogens is 178 g/mol. The van der Waals surface area contributed by atoms with E-state index in [0.717, 1.165) is 32.2 Å². The predicted molar refractivity (Wildman–Crippen MR) is 57.3 cm³/mol. The monoisotopic (exact) mass is 201 g/mol. The van der Waals surface area contributed by atoms with Crippen LogP contribution in [0.1, 0.15) is 26.7 Å². The van der Waals surface area contributed by atoms with Crippen LogP contribution in [0.5, 0.6) is 0 Å². The Morgan fingerprint density at radius 1 is 1.50 bits per heavy atom. The van der Waals surface area contributed by atoms with Crippen molar-refractivity contribution < 1.29 is 9.84 Å². The van der Waals surface area contributed by atoms with Crippen molar-refractivity contribution in [2.24, 2.45) is 5.92 Å². The molecule has 1 unspecified atom stereocenters. The molecule has 1 rings (SSSR count). The summed E-state index contributed by atoms with van der Waals surface area (Å²) >= 11 is 0. The van der Waals surface area contributed by atoms with E-state index in [1.165, 1.54) is 12.8 Å². The lowest BCUT2D eigenvalue weighted by molar-refractivity contribution is -0.0530. The summed E-state index contributed by atoms with van der Waals surface area (Å²) in [5.74, 6) is 0.796. The number of rotatable bonds is 5. The normalized spacial score (nSPS) is 24.4. The van der Waals surface area contributed by atoms with E-state index in [0.29, 0.717) is 0 Å². The van der Waals surface area contributed by atoms with Gasteiger partial charge in [-0.15, -0.1) is 0 Å². The van der Waals surface area contributed by atoms with Gasteiger partial charge in [-0.25, -0.2) is 0 Å². The molecule has 0 aromatic rings. The molecule has 1 aliphatic rings. The summed E-state index contributed by atoms with van der Waals surface area (Å²) in [6, 6.07) is 0. The molecule has 1 fully saturated rings. The van der Waals surface area contributed by atoms with Gasteiger partial charge in [0.1, 0.15) is 0 Å². The van der Waals surface area contributed by atoms with Crippen LogP contribution in [0.25, 0.3) is 0 Å². The lowest BCUT2D eigenvalue weighted by Crippen LogP contribution is -2.44. The van der Waals surface area contributed by atoms with Crippen molar-refractivity contribution in [1.82, 2.24) is 4.90 Å². The van der Waals surface area contributed by atoms with Crippen LogP contribution in [0.15, 0.2) is 0 Å². The van der Waals surface area contributed by atoms with Gasteiger partial charge >= 0.3 is 0 Å². The van der Waals surface area contributed by atoms with E-state index in [-0.39, 0.29) is 12.7 Å². The molecule has 1 aliphatic heterocycles. The first kappa shape index (κ1) is 12.0. The van der Waals surface area contributed by atoms with Crippen molar-refractivity contribution in [2.45, 2.75) is 32.8 Å². The topological polar surface area (TPSA) is 32.7 Å². The Morgan fingerprint density at radius 3 is 2.93 bits per heavy atom. The molecule has 0 spiro atoms. The number of hydrogen-bond donors (Lipinski definition) is 1. The Morgan fingerprint density at radius 2 is 2.29 bits per heavy atom. The molecule has 0 aromatic carbocycles. The second-order valence-corrected chi connectivity index (χ2v) is 4.51. The van der Waals surface area contributed by atoms with Crippen molar-refractivity contribution in [3.63, 3.8) is 0 Å². The van der Waals surface area contributed by atoms with E-state index in [9.17, 15) is 0 Å². The molecule has 1 heterocycles. The fourth-order valence-corrected chi connectivity index (χ4v) is 1.82. The highest BCUT2D eigenvalue weighted by atomic mass is 16.5. The van der Waals surface area contributed by atoms with Crippen molar-refractivity contribution >= 4 is 0 Å². The second-order valence-electron chi connectivity index (χ2n) is 4.51. The van der Waals surface area contributed by atoms with Gasteiger partial charge in [-0.1, -0.05) is 13.8 Å². The maximum absolute atomic E-state index is 8.97. The molecular formula is C11H23NO2. The molecule has 3 heteroatoms. The van der Waals surface area contributed by atoms with Crippen LogP contribution in [0.2, 0.25) is 0 Å². The van der Waals surface area contributed by atoms with Crippen molar-refractivity contribution in [3.8, 4) is 0 Å². The fourth-order valence-electron chi connectivity index (χ4n) is 1.82. The van der Waals surface area contributed by atoms with Crippen LogP contribution in [0.3, 0.4) is 0 Å². The quantitative estimate of drug-likeness (QED) is 0.723. The first-order valence-electron chi connectivity index (χ1n) is 5.67. The molecule has 0 radical (unpaired) electrons. The highest BCUT2D eigenvalue weighted by Gasteiger charge is 2.18. The largest absolute Gasteiger partial charge is 0.394 e. The third-order valence-electron chi connectivity index (χ3n) is 2.68. The minimum Gasteiger partial charge on any atom is -0.394 e. The zero-order valence-corrected chi connectivity index (χ0v) is 9.41. The van der Waals surface area contributed by atoms with Gasteiger partial charge in [-0.2, -0.15) is 0 Å². The van der Waals surface area contributed by atoms with Gasteiger partial charge in [0.25, 0.3) is 0 Å². The van der Waals surface area contributed by atoms with E-state index in [4.69, 9.17) is 9.84 Å². The number of ether oxygens (including phenoxy) is 1. The Hall–Kier alpha value is -0.120. The highest BCUT2D eigenvalue weighted by molar-refractivity contribution is 4.70. The molecule has 0 amide bonds. The maximum atomic E-state index is 8.97. The summed E-state index contributed by atoms with van der Waals surface area (Å²) in [7, 11) is 0. The van der Waals surface area contributed by atoms with Crippen LogP contribution in [0.4, 0.5) is 0 Å². The molecule has 1 N–H and O–H groups in total. The number of nitrogens with zero attached hydrogens (tertiary/aromatic N) is 1. The molecule has 14 heavy (non-hydrogen) atoms. The lowest BCUT2D eigenvalue weighted by Gasteiger charge is -2.32. The average Bonchev–Trinajstić information content (AvgIpc) is 2.18. The Balaban J connectivity index is 2.11. The Kier molecular flexibility index (Phi) is 5.45. The first-order valence-corrected chi connectivity index (χ1v) is 5.67. The Bertz CT molecular complexity index is 150. The van der Waals surface area contributed by atoms with Crippen LogP contribution in [0, 0.1) is 5.92 Å². The molecule has 0 saturated carbocycles. The van der Waals surface area contributed by atoms with Crippen LogP contribution < -0.4 is 0 Å². The SMILES string of the molecule is CC(C)CCCN1CCOC(CO)C1. The maximum Gasteiger partial charge on any atom is 0.0932 e. The van der Waals surface area contributed by atoms with Crippen LogP contribution in [-0.4, -0.2) is 49.0 Å². The van der Waals surface area contributed by atoms with E-state index in [1.54, 1.807) is 0 Å². The predicted octanol–water partition coefficient (Wildman–Crippen LogP) is 1.12. The summed E-state index contributed by atoms with van der Waals surface area (Å²) in [6.45, 7) is 8.51.